The molecule has 0 unspecified atom stereocenters. The molecule has 1 aromatic heterocycles. The summed E-state index contributed by atoms with van der Waals surface area (Å²) in [6, 6.07) is 33.7. The van der Waals surface area contributed by atoms with E-state index in [4.69, 9.17) is 0 Å². The number of nitrogens with one attached hydrogen (secondary N) is 1. The fourth-order valence-corrected chi connectivity index (χ4v) is 3.76. The first-order chi connectivity index (χ1) is 14.3. The van der Waals surface area contributed by atoms with Gasteiger partial charge in [0.25, 0.3) is 0 Å². The van der Waals surface area contributed by atoms with Crippen molar-refractivity contribution in [3.05, 3.63) is 114 Å². The van der Waals surface area contributed by atoms with Crippen LogP contribution in [0.15, 0.2) is 103 Å². The minimum Gasteiger partial charge on any atom is -0.287 e. The summed E-state index contributed by atoms with van der Waals surface area (Å²) in [7, 11) is 0. The quantitative estimate of drug-likeness (QED) is 0.385. The number of rotatable bonds is 4. The number of hydrogen-bond donors (Lipinski definition) is 1. The Morgan fingerprint density at radius 3 is 2.03 bits per heavy atom. The summed E-state index contributed by atoms with van der Waals surface area (Å²) in [5, 5.41) is 9.56. The Kier molecular flexibility index (Phi) is 4.26. The zero-order valence-electron chi connectivity index (χ0n) is 15.7. The highest BCUT2D eigenvalue weighted by Crippen LogP contribution is 2.35. The molecule has 3 nitrogen and oxygen atoms in total. The zero-order chi connectivity index (χ0) is 19.6. The Balaban J connectivity index is 1.73. The molecule has 0 spiro atoms. The van der Waals surface area contributed by atoms with Crippen molar-refractivity contribution in [2.45, 2.75) is 0 Å². The smallest absolute Gasteiger partial charge is 0.212 e. The molecule has 0 fully saturated rings. The van der Waals surface area contributed by atoms with Gasteiger partial charge >= 0.3 is 0 Å². The predicted octanol–water partition coefficient (Wildman–Crippen LogP) is 6.13. The van der Waals surface area contributed by atoms with Gasteiger partial charge in [-0.15, -0.1) is 0 Å². The van der Waals surface area contributed by atoms with Gasteiger partial charge in [0.1, 0.15) is 11.4 Å². The van der Waals surface area contributed by atoms with Crippen LogP contribution in [0.1, 0.15) is 16.1 Å². The van der Waals surface area contributed by atoms with Gasteiger partial charge in [-0.05, 0) is 16.3 Å². The van der Waals surface area contributed by atoms with Crippen LogP contribution < -0.4 is 0 Å². The van der Waals surface area contributed by atoms with Crippen molar-refractivity contribution < 1.29 is 4.79 Å². The van der Waals surface area contributed by atoms with Gasteiger partial charge in [-0.1, -0.05) is 103 Å². The summed E-state index contributed by atoms with van der Waals surface area (Å²) in [6.45, 7) is 0. The first-order valence-corrected chi connectivity index (χ1v) is 9.54. The van der Waals surface area contributed by atoms with Crippen molar-refractivity contribution in [1.82, 2.24) is 10.2 Å². The normalized spacial score (nSPS) is 10.9. The molecule has 0 saturated heterocycles. The number of H-pyrrole nitrogens is 1. The van der Waals surface area contributed by atoms with Crippen molar-refractivity contribution in [3.8, 4) is 22.4 Å². The molecule has 0 aliphatic rings. The van der Waals surface area contributed by atoms with E-state index in [1.165, 1.54) is 0 Å². The lowest BCUT2D eigenvalue weighted by Crippen LogP contribution is -2.04. The van der Waals surface area contributed by atoms with Crippen LogP contribution >= 0.6 is 0 Å². The van der Waals surface area contributed by atoms with Gasteiger partial charge in [0.05, 0.1) is 0 Å². The molecule has 0 radical (unpaired) electrons. The van der Waals surface area contributed by atoms with E-state index < -0.39 is 0 Å². The number of fused-ring (bicyclic) bond motifs is 1. The maximum atomic E-state index is 13.6. The van der Waals surface area contributed by atoms with Crippen LogP contribution in [-0.2, 0) is 0 Å². The van der Waals surface area contributed by atoms with E-state index in [0.29, 0.717) is 11.3 Å². The monoisotopic (exact) mass is 374 g/mol. The van der Waals surface area contributed by atoms with Gasteiger partial charge in [-0.3, -0.25) is 9.89 Å². The molecule has 0 aliphatic carbocycles. The van der Waals surface area contributed by atoms with Gasteiger partial charge < -0.3 is 0 Å². The summed E-state index contributed by atoms with van der Waals surface area (Å²) in [5.74, 6) is -0.0599. The Morgan fingerprint density at radius 1 is 0.655 bits per heavy atom. The average Bonchev–Trinajstić information content (AvgIpc) is 3.24. The topological polar surface area (TPSA) is 45.8 Å². The second-order valence-corrected chi connectivity index (χ2v) is 6.91. The molecule has 0 atom stereocenters. The SMILES string of the molecule is O=C(c1[nH]nc(-c2ccccc2)c1-c1ccccc1)c1cccc2ccccc12. The molecule has 1 heterocycles. The number of benzene rings is 4. The lowest BCUT2D eigenvalue weighted by molar-refractivity contribution is 0.103. The van der Waals surface area contributed by atoms with Gasteiger partial charge in [0, 0.05) is 16.7 Å². The Bertz CT molecular complexity index is 1300. The van der Waals surface area contributed by atoms with E-state index in [-0.39, 0.29) is 5.78 Å². The van der Waals surface area contributed by atoms with Gasteiger partial charge in [0.15, 0.2) is 0 Å². The molecule has 0 saturated carbocycles. The fourth-order valence-electron chi connectivity index (χ4n) is 3.76. The van der Waals surface area contributed by atoms with Gasteiger partial charge in [-0.25, -0.2) is 0 Å². The highest BCUT2D eigenvalue weighted by molar-refractivity contribution is 6.19. The predicted molar refractivity (Wildman–Crippen MR) is 117 cm³/mol. The van der Waals surface area contributed by atoms with E-state index in [9.17, 15) is 4.79 Å². The van der Waals surface area contributed by atoms with Crippen LogP contribution in [-0.4, -0.2) is 16.0 Å². The minimum absolute atomic E-state index is 0.0599. The maximum absolute atomic E-state index is 13.6. The van der Waals surface area contributed by atoms with Crippen LogP contribution in [0, 0.1) is 0 Å². The van der Waals surface area contributed by atoms with Crippen LogP contribution in [0.3, 0.4) is 0 Å². The molecule has 3 heteroatoms. The van der Waals surface area contributed by atoms with E-state index in [1.54, 1.807) is 0 Å². The standard InChI is InChI=1S/C26H18N2O/c29-26(22-17-9-15-18-10-7-8-16-21(18)22)25-23(19-11-3-1-4-12-19)24(27-28-25)20-13-5-2-6-14-20/h1-17H,(H,27,28). The van der Waals surface area contributed by atoms with E-state index >= 15 is 0 Å². The lowest BCUT2D eigenvalue weighted by Gasteiger charge is -2.08. The molecule has 0 aliphatic heterocycles. The highest BCUT2D eigenvalue weighted by atomic mass is 16.1. The molecule has 1 N–H and O–H groups in total. The van der Waals surface area contributed by atoms with Crippen molar-refractivity contribution in [3.63, 3.8) is 0 Å². The maximum Gasteiger partial charge on any atom is 0.212 e. The third kappa shape index (κ3) is 3.03. The molecular weight excluding hydrogens is 356 g/mol. The Hall–Kier alpha value is -3.98. The van der Waals surface area contributed by atoms with Crippen LogP contribution in [0.5, 0.6) is 0 Å². The van der Waals surface area contributed by atoms with Crippen LogP contribution in [0.4, 0.5) is 0 Å². The van der Waals surface area contributed by atoms with Crippen LogP contribution in [0.2, 0.25) is 0 Å². The molecule has 0 bridgehead atoms. The molecule has 4 aromatic carbocycles. The average molecular weight is 374 g/mol. The van der Waals surface area contributed by atoms with Gasteiger partial charge in [0.2, 0.25) is 5.78 Å². The van der Waals surface area contributed by atoms with Crippen molar-refractivity contribution >= 4 is 16.6 Å². The van der Waals surface area contributed by atoms with E-state index in [1.807, 2.05) is 103 Å². The lowest BCUT2D eigenvalue weighted by atomic mass is 9.93. The molecule has 5 aromatic rings. The van der Waals surface area contributed by atoms with Crippen molar-refractivity contribution in [1.29, 1.82) is 0 Å². The van der Waals surface area contributed by atoms with Crippen molar-refractivity contribution in [2.75, 3.05) is 0 Å². The highest BCUT2D eigenvalue weighted by Gasteiger charge is 2.23. The van der Waals surface area contributed by atoms with Gasteiger partial charge in [-0.2, -0.15) is 5.10 Å². The van der Waals surface area contributed by atoms with Crippen LogP contribution in [0.25, 0.3) is 33.2 Å². The number of carbonyl (C=O) groups excluding carboxylic acids is 1. The van der Waals surface area contributed by atoms with Crippen molar-refractivity contribution in [2.24, 2.45) is 0 Å². The summed E-state index contributed by atoms with van der Waals surface area (Å²) < 4.78 is 0. The molecule has 0 amide bonds. The Morgan fingerprint density at radius 2 is 1.28 bits per heavy atom. The second kappa shape index (κ2) is 7.21. The zero-order valence-corrected chi connectivity index (χ0v) is 15.7. The molecule has 5 rings (SSSR count). The number of aromatic amines is 1. The summed E-state index contributed by atoms with van der Waals surface area (Å²) >= 11 is 0. The number of ketones is 1. The minimum atomic E-state index is -0.0599. The molecule has 138 valence electrons. The fraction of sp³-hybridized carbons (Fsp3) is 0. The first kappa shape index (κ1) is 17.1. The third-order valence-corrected chi connectivity index (χ3v) is 5.14. The summed E-state index contributed by atoms with van der Waals surface area (Å²) in [4.78, 5) is 13.6. The third-order valence-electron chi connectivity index (χ3n) is 5.14. The first-order valence-electron chi connectivity index (χ1n) is 9.54. The Labute approximate surface area is 168 Å². The molecular formula is C26H18N2O. The summed E-state index contributed by atoms with van der Waals surface area (Å²) in [5.41, 5.74) is 4.72. The number of aromatic nitrogens is 2. The number of nitrogens with zero attached hydrogens (tertiary/aromatic N) is 1. The molecule has 29 heavy (non-hydrogen) atoms. The summed E-state index contributed by atoms with van der Waals surface area (Å²) in [6.07, 6.45) is 0. The van der Waals surface area contributed by atoms with E-state index in [2.05, 4.69) is 10.2 Å². The second-order valence-electron chi connectivity index (χ2n) is 6.91. The number of hydrogen-bond acceptors (Lipinski definition) is 2. The largest absolute Gasteiger partial charge is 0.287 e. The number of carbonyl (C=O) groups is 1. The van der Waals surface area contributed by atoms with E-state index in [0.717, 1.165) is 33.2 Å².